The molecular formula is C13H18FNO2S. The first kappa shape index (κ1) is 15.0. The third-order valence-electron chi connectivity index (χ3n) is 2.91. The van der Waals surface area contributed by atoms with Crippen LogP contribution in [0.2, 0.25) is 0 Å². The highest BCUT2D eigenvalue weighted by molar-refractivity contribution is 7.99. The Morgan fingerprint density at radius 3 is 2.56 bits per heavy atom. The van der Waals surface area contributed by atoms with E-state index in [9.17, 15) is 9.18 Å². The standard InChI is InChI=1S/C13H18FNO2S/c1-2-13(15,12(16)17)8-3-9-18-11-6-4-10(14)5-7-11/h4-7H,2-3,8-9,15H2,1H3,(H,16,17). The van der Waals surface area contributed by atoms with Crippen LogP contribution in [0, 0.1) is 5.82 Å². The number of hydrogen-bond acceptors (Lipinski definition) is 3. The summed E-state index contributed by atoms with van der Waals surface area (Å²) in [5.41, 5.74) is 4.66. The van der Waals surface area contributed by atoms with E-state index in [4.69, 9.17) is 10.8 Å². The normalized spacial score (nSPS) is 14.2. The van der Waals surface area contributed by atoms with E-state index in [1.807, 2.05) is 0 Å². The molecule has 0 radical (unpaired) electrons. The van der Waals surface area contributed by atoms with Gasteiger partial charge in [0.2, 0.25) is 0 Å². The summed E-state index contributed by atoms with van der Waals surface area (Å²) in [6.07, 6.45) is 1.59. The number of benzene rings is 1. The van der Waals surface area contributed by atoms with Crippen molar-refractivity contribution in [2.24, 2.45) is 5.73 Å². The van der Waals surface area contributed by atoms with Gasteiger partial charge in [0.15, 0.2) is 0 Å². The van der Waals surface area contributed by atoms with Crippen molar-refractivity contribution in [1.29, 1.82) is 0 Å². The Labute approximate surface area is 111 Å². The summed E-state index contributed by atoms with van der Waals surface area (Å²) in [5.74, 6) is -0.424. The molecule has 0 amide bonds. The van der Waals surface area contributed by atoms with Crippen LogP contribution >= 0.6 is 11.8 Å². The Hall–Kier alpha value is -1.07. The smallest absolute Gasteiger partial charge is 0.323 e. The zero-order valence-corrected chi connectivity index (χ0v) is 11.2. The van der Waals surface area contributed by atoms with Crippen molar-refractivity contribution in [2.75, 3.05) is 5.75 Å². The zero-order valence-electron chi connectivity index (χ0n) is 10.4. The number of hydrogen-bond donors (Lipinski definition) is 2. The van der Waals surface area contributed by atoms with Crippen molar-refractivity contribution >= 4 is 17.7 Å². The van der Waals surface area contributed by atoms with E-state index >= 15 is 0 Å². The minimum Gasteiger partial charge on any atom is -0.480 e. The van der Waals surface area contributed by atoms with Crippen LogP contribution in [0.1, 0.15) is 26.2 Å². The molecule has 0 saturated heterocycles. The van der Waals surface area contributed by atoms with Gasteiger partial charge in [-0.05, 0) is 49.3 Å². The van der Waals surface area contributed by atoms with Gasteiger partial charge in [0.1, 0.15) is 11.4 Å². The monoisotopic (exact) mass is 271 g/mol. The molecular weight excluding hydrogens is 253 g/mol. The molecule has 100 valence electrons. The molecule has 0 saturated carbocycles. The zero-order chi connectivity index (χ0) is 13.6. The van der Waals surface area contributed by atoms with Gasteiger partial charge in [0.05, 0.1) is 0 Å². The average Bonchev–Trinajstić information content (AvgIpc) is 2.36. The molecule has 18 heavy (non-hydrogen) atoms. The molecule has 1 unspecified atom stereocenters. The summed E-state index contributed by atoms with van der Waals surface area (Å²) in [4.78, 5) is 12.0. The fraction of sp³-hybridized carbons (Fsp3) is 0.462. The topological polar surface area (TPSA) is 63.3 Å². The van der Waals surface area contributed by atoms with E-state index < -0.39 is 11.5 Å². The fourth-order valence-corrected chi connectivity index (χ4v) is 2.40. The maximum absolute atomic E-state index is 12.7. The van der Waals surface area contributed by atoms with Gasteiger partial charge in [-0.25, -0.2) is 4.39 Å². The molecule has 0 aliphatic heterocycles. The van der Waals surface area contributed by atoms with Gasteiger partial charge in [-0.15, -0.1) is 11.8 Å². The first-order valence-electron chi connectivity index (χ1n) is 5.88. The second-order valence-electron chi connectivity index (χ2n) is 4.22. The van der Waals surface area contributed by atoms with Crippen molar-refractivity contribution < 1.29 is 14.3 Å². The largest absolute Gasteiger partial charge is 0.480 e. The van der Waals surface area contributed by atoms with E-state index in [2.05, 4.69) is 0 Å². The Kier molecular flexibility index (Phi) is 5.62. The van der Waals surface area contributed by atoms with Crippen molar-refractivity contribution in [1.82, 2.24) is 0 Å². The third-order valence-corrected chi connectivity index (χ3v) is 4.00. The summed E-state index contributed by atoms with van der Waals surface area (Å²) < 4.78 is 12.7. The molecule has 0 heterocycles. The predicted molar refractivity (Wildman–Crippen MR) is 71.2 cm³/mol. The van der Waals surface area contributed by atoms with Crippen molar-refractivity contribution in [3.05, 3.63) is 30.1 Å². The molecule has 0 bridgehead atoms. The van der Waals surface area contributed by atoms with Gasteiger partial charge in [-0.2, -0.15) is 0 Å². The quantitative estimate of drug-likeness (QED) is 0.591. The highest BCUT2D eigenvalue weighted by atomic mass is 32.2. The number of aliphatic carboxylic acids is 1. The van der Waals surface area contributed by atoms with Crippen LogP contribution in [0.15, 0.2) is 29.2 Å². The summed E-state index contributed by atoms with van der Waals surface area (Å²) in [7, 11) is 0. The van der Waals surface area contributed by atoms with Crippen LogP contribution in [0.25, 0.3) is 0 Å². The highest BCUT2D eigenvalue weighted by Gasteiger charge is 2.30. The lowest BCUT2D eigenvalue weighted by Crippen LogP contribution is -2.47. The van der Waals surface area contributed by atoms with Crippen LogP contribution in [0.5, 0.6) is 0 Å². The molecule has 0 aliphatic rings. The molecule has 3 nitrogen and oxygen atoms in total. The molecule has 0 fully saturated rings. The van der Waals surface area contributed by atoms with E-state index in [-0.39, 0.29) is 5.82 Å². The van der Waals surface area contributed by atoms with Gasteiger partial charge in [0, 0.05) is 4.90 Å². The highest BCUT2D eigenvalue weighted by Crippen LogP contribution is 2.22. The minimum atomic E-state index is -1.12. The molecule has 0 aromatic heterocycles. The molecule has 3 N–H and O–H groups in total. The molecule has 1 aromatic carbocycles. The number of carboxylic acids is 1. The second-order valence-corrected chi connectivity index (χ2v) is 5.39. The number of carboxylic acid groups (broad SMARTS) is 1. The van der Waals surface area contributed by atoms with Crippen LogP contribution < -0.4 is 5.73 Å². The van der Waals surface area contributed by atoms with E-state index in [1.165, 1.54) is 12.1 Å². The molecule has 1 rings (SSSR count). The predicted octanol–water partition coefficient (Wildman–Crippen LogP) is 2.89. The molecule has 1 atom stereocenters. The van der Waals surface area contributed by atoms with Crippen molar-refractivity contribution in [2.45, 2.75) is 36.6 Å². The van der Waals surface area contributed by atoms with Crippen LogP contribution in [-0.4, -0.2) is 22.4 Å². The van der Waals surface area contributed by atoms with Crippen LogP contribution in [-0.2, 0) is 4.79 Å². The number of rotatable bonds is 7. The lowest BCUT2D eigenvalue weighted by molar-refractivity contribution is -0.143. The first-order valence-corrected chi connectivity index (χ1v) is 6.87. The Bertz CT molecular complexity index is 396. The second kappa shape index (κ2) is 6.75. The SMILES string of the molecule is CCC(N)(CCCSc1ccc(F)cc1)C(=O)O. The lowest BCUT2D eigenvalue weighted by Gasteiger charge is -2.22. The average molecular weight is 271 g/mol. The Morgan fingerprint density at radius 1 is 1.44 bits per heavy atom. The minimum absolute atomic E-state index is 0.253. The number of carbonyl (C=O) groups is 1. The molecule has 0 spiro atoms. The lowest BCUT2D eigenvalue weighted by atomic mass is 9.92. The number of thioether (sulfide) groups is 1. The molecule has 0 aliphatic carbocycles. The maximum atomic E-state index is 12.7. The van der Waals surface area contributed by atoms with Gasteiger partial charge >= 0.3 is 5.97 Å². The van der Waals surface area contributed by atoms with Crippen molar-refractivity contribution in [3.8, 4) is 0 Å². The van der Waals surface area contributed by atoms with Crippen LogP contribution in [0.4, 0.5) is 4.39 Å². The molecule has 5 heteroatoms. The van der Waals surface area contributed by atoms with Crippen LogP contribution in [0.3, 0.4) is 0 Å². The number of halogens is 1. The molecule has 1 aromatic rings. The fourth-order valence-electron chi connectivity index (χ4n) is 1.54. The van der Waals surface area contributed by atoms with Crippen molar-refractivity contribution in [3.63, 3.8) is 0 Å². The van der Waals surface area contributed by atoms with E-state index in [0.29, 0.717) is 12.8 Å². The summed E-state index contributed by atoms with van der Waals surface area (Å²) >= 11 is 1.58. The maximum Gasteiger partial charge on any atom is 0.323 e. The third kappa shape index (κ3) is 4.31. The van der Waals surface area contributed by atoms with Gasteiger partial charge in [0.25, 0.3) is 0 Å². The Balaban J connectivity index is 2.34. The Morgan fingerprint density at radius 2 is 2.06 bits per heavy atom. The van der Waals surface area contributed by atoms with Gasteiger partial charge in [-0.3, -0.25) is 4.79 Å². The summed E-state index contributed by atoms with van der Waals surface area (Å²) in [5, 5.41) is 9.01. The van der Waals surface area contributed by atoms with E-state index in [1.54, 1.807) is 30.8 Å². The first-order chi connectivity index (χ1) is 8.48. The number of nitrogens with two attached hydrogens (primary N) is 1. The van der Waals surface area contributed by atoms with E-state index in [0.717, 1.165) is 17.1 Å². The van der Waals surface area contributed by atoms with Gasteiger partial charge in [-0.1, -0.05) is 6.92 Å². The summed E-state index contributed by atoms with van der Waals surface area (Å²) in [6, 6.07) is 6.26. The summed E-state index contributed by atoms with van der Waals surface area (Å²) in [6.45, 7) is 1.78. The van der Waals surface area contributed by atoms with Gasteiger partial charge < -0.3 is 10.8 Å².